The van der Waals surface area contributed by atoms with Crippen molar-refractivity contribution in [3.63, 3.8) is 0 Å². The highest BCUT2D eigenvalue weighted by Gasteiger charge is 2.18. The van der Waals surface area contributed by atoms with Crippen molar-refractivity contribution < 1.29 is 4.79 Å². The molecule has 0 heterocycles. The Morgan fingerprint density at radius 1 is 1.24 bits per heavy atom. The lowest BCUT2D eigenvalue weighted by molar-refractivity contribution is 0.0987. The van der Waals surface area contributed by atoms with Crippen LogP contribution in [0.25, 0.3) is 0 Å². The van der Waals surface area contributed by atoms with E-state index in [2.05, 4.69) is 0 Å². The van der Waals surface area contributed by atoms with Crippen LogP contribution in [0.2, 0.25) is 0 Å². The van der Waals surface area contributed by atoms with E-state index in [4.69, 9.17) is 11.0 Å². The lowest BCUT2D eigenvalue weighted by atomic mass is 10.1. The molecule has 2 N–H and O–H groups in total. The standard InChI is InChI=1S/C17H17N3O/c1-2-10-20(16-9-4-3-8-15(16)19)17(21)14-7-5-6-13(11-14)12-18/h3-9,11H,2,10,19H2,1H3. The van der Waals surface area contributed by atoms with Gasteiger partial charge in [-0.3, -0.25) is 4.79 Å². The van der Waals surface area contributed by atoms with Gasteiger partial charge in [0.05, 0.1) is 23.0 Å². The first kappa shape index (κ1) is 14.6. The Hall–Kier alpha value is -2.80. The Kier molecular flexibility index (Phi) is 4.57. The molecule has 0 unspecified atom stereocenters. The molecule has 0 bridgehead atoms. The van der Waals surface area contributed by atoms with Crippen molar-refractivity contribution in [3.05, 3.63) is 59.7 Å². The summed E-state index contributed by atoms with van der Waals surface area (Å²) in [5, 5.41) is 8.95. The van der Waals surface area contributed by atoms with Gasteiger partial charge in [-0.2, -0.15) is 5.26 Å². The average Bonchev–Trinajstić information content (AvgIpc) is 2.53. The van der Waals surface area contributed by atoms with E-state index in [1.807, 2.05) is 31.2 Å². The number of carbonyl (C=O) groups is 1. The van der Waals surface area contributed by atoms with E-state index < -0.39 is 0 Å². The third kappa shape index (κ3) is 3.21. The molecule has 106 valence electrons. The van der Waals surface area contributed by atoms with Crippen LogP contribution in [-0.4, -0.2) is 12.5 Å². The lowest BCUT2D eigenvalue weighted by Crippen LogP contribution is -2.32. The number of nitrogens with zero attached hydrogens (tertiary/aromatic N) is 2. The van der Waals surface area contributed by atoms with E-state index in [1.165, 1.54) is 0 Å². The summed E-state index contributed by atoms with van der Waals surface area (Å²) in [6.07, 6.45) is 0.817. The predicted octanol–water partition coefficient (Wildman–Crippen LogP) is 3.20. The molecule has 21 heavy (non-hydrogen) atoms. The number of para-hydroxylation sites is 2. The van der Waals surface area contributed by atoms with Crippen LogP contribution in [0.4, 0.5) is 11.4 Å². The number of anilines is 2. The van der Waals surface area contributed by atoms with Crippen LogP contribution >= 0.6 is 0 Å². The third-order valence-corrected chi connectivity index (χ3v) is 3.16. The maximum absolute atomic E-state index is 12.7. The van der Waals surface area contributed by atoms with Gasteiger partial charge in [0, 0.05) is 12.1 Å². The number of nitrogens with two attached hydrogens (primary N) is 1. The van der Waals surface area contributed by atoms with E-state index in [0.29, 0.717) is 29.0 Å². The number of nitriles is 1. The Labute approximate surface area is 124 Å². The molecule has 0 fully saturated rings. The summed E-state index contributed by atoms with van der Waals surface area (Å²) in [6, 6.07) is 16.1. The largest absolute Gasteiger partial charge is 0.397 e. The second-order valence-electron chi connectivity index (χ2n) is 4.71. The molecular formula is C17H17N3O. The number of rotatable bonds is 4. The van der Waals surface area contributed by atoms with Crippen molar-refractivity contribution in [2.45, 2.75) is 13.3 Å². The van der Waals surface area contributed by atoms with Gasteiger partial charge in [-0.05, 0) is 36.8 Å². The molecule has 0 radical (unpaired) electrons. The van der Waals surface area contributed by atoms with Crippen molar-refractivity contribution in [2.24, 2.45) is 0 Å². The highest BCUT2D eigenvalue weighted by Crippen LogP contribution is 2.24. The summed E-state index contributed by atoms with van der Waals surface area (Å²) in [5.41, 5.74) is 8.21. The second kappa shape index (κ2) is 6.58. The molecule has 0 aliphatic carbocycles. The Morgan fingerprint density at radius 3 is 2.67 bits per heavy atom. The zero-order valence-corrected chi connectivity index (χ0v) is 11.9. The fourth-order valence-corrected chi connectivity index (χ4v) is 2.17. The van der Waals surface area contributed by atoms with Crippen molar-refractivity contribution >= 4 is 17.3 Å². The Balaban J connectivity index is 2.40. The molecule has 0 aliphatic heterocycles. The van der Waals surface area contributed by atoms with E-state index in [1.54, 1.807) is 35.2 Å². The van der Waals surface area contributed by atoms with Crippen LogP contribution in [0.15, 0.2) is 48.5 Å². The zero-order valence-electron chi connectivity index (χ0n) is 11.9. The van der Waals surface area contributed by atoms with Crippen molar-refractivity contribution in [1.82, 2.24) is 0 Å². The number of amides is 1. The van der Waals surface area contributed by atoms with E-state index >= 15 is 0 Å². The third-order valence-electron chi connectivity index (χ3n) is 3.16. The number of benzene rings is 2. The monoisotopic (exact) mass is 279 g/mol. The van der Waals surface area contributed by atoms with Crippen molar-refractivity contribution in [3.8, 4) is 6.07 Å². The van der Waals surface area contributed by atoms with Gasteiger partial charge < -0.3 is 10.6 Å². The van der Waals surface area contributed by atoms with Crippen LogP contribution in [0.3, 0.4) is 0 Å². The molecule has 2 aromatic carbocycles. The number of hydrogen-bond donors (Lipinski definition) is 1. The van der Waals surface area contributed by atoms with E-state index in [0.717, 1.165) is 6.42 Å². The molecule has 0 spiro atoms. The van der Waals surface area contributed by atoms with Gasteiger partial charge in [-0.1, -0.05) is 25.1 Å². The molecular weight excluding hydrogens is 262 g/mol. The van der Waals surface area contributed by atoms with E-state index in [9.17, 15) is 4.79 Å². The minimum Gasteiger partial charge on any atom is -0.397 e. The predicted molar refractivity (Wildman–Crippen MR) is 84.0 cm³/mol. The minimum absolute atomic E-state index is 0.146. The SMILES string of the molecule is CCCN(C(=O)c1cccc(C#N)c1)c1ccccc1N. The summed E-state index contributed by atoms with van der Waals surface area (Å²) in [5.74, 6) is -0.146. The quantitative estimate of drug-likeness (QED) is 0.874. The fourth-order valence-electron chi connectivity index (χ4n) is 2.17. The van der Waals surface area contributed by atoms with Gasteiger partial charge in [-0.25, -0.2) is 0 Å². The molecule has 4 heteroatoms. The first-order chi connectivity index (χ1) is 10.2. The molecule has 0 aliphatic rings. The Bertz CT molecular complexity index is 688. The highest BCUT2D eigenvalue weighted by molar-refractivity contribution is 6.07. The highest BCUT2D eigenvalue weighted by atomic mass is 16.2. The van der Waals surface area contributed by atoms with Gasteiger partial charge in [0.15, 0.2) is 0 Å². The number of nitrogen functional groups attached to an aromatic ring is 1. The maximum Gasteiger partial charge on any atom is 0.258 e. The normalized spacial score (nSPS) is 9.90. The van der Waals surface area contributed by atoms with Gasteiger partial charge >= 0.3 is 0 Å². The second-order valence-corrected chi connectivity index (χ2v) is 4.71. The smallest absolute Gasteiger partial charge is 0.258 e. The Morgan fingerprint density at radius 2 is 2.00 bits per heavy atom. The molecule has 1 amide bonds. The fraction of sp³-hybridized carbons (Fsp3) is 0.176. The molecule has 0 atom stereocenters. The van der Waals surface area contributed by atoms with Gasteiger partial charge in [0.25, 0.3) is 5.91 Å². The van der Waals surface area contributed by atoms with Crippen LogP contribution in [0, 0.1) is 11.3 Å². The summed E-state index contributed by atoms with van der Waals surface area (Å²) >= 11 is 0. The summed E-state index contributed by atoms with van der Waals surface area (Å²) in [7, 11) is 0. The lowest BCUT2D eigenvalue weighted by Gasteiger charge is -2.23. The maximum atomic E-state index is 12.7. The van der Waals surface area contributed by atoms with Gasteiger partial charge in [0.2, 0.25) is 0 Å². The number of carbonyl (C=O) groups excluding carboxylic acids is 1. The van der Waals surface area contributed by atoms with Crippen LogP contribution in [0.1, 0.15) is 29.3 Å². The minimum atomic E-state index is -0.146. The summed E-state index contributed by atoms with van der Waals surface area (Å²) in [6.45, 7) is 2.58. The van der Waals surface area contributed by atoms with Gasteiger partial charge in [-0.15, -0.1) is 0 Å². The van der Waals surface area contributed by atoms with Crippen molar-refractivity contribution in [1.29, 1.82) is 5.26 Å². The molecule has 0 saturated heterocycles. The average molecular weight is 279 g/mol. The molecule has 0 saturated carbocycles. The van der Waals surface area contributed by atoms with Crippen LogP contribution in [0.5, 0.6) is 0 Å². The zero-order chi connectivity index (χ0) is 15.2. The number of hydrogen-bond acceptors (Lipinski definition) is 3. The molecule has 2 rings (SSSR count). The first-order valence-corrected chi connectivity index (χ1v) is 6.84. The summed E-state index contributed by atoms with van der Waals surface area (Å²) < 4.78 is 0. The first-order valence-electron chi connectivity index (χ1n) is 6.84. The van der Waals surface area contributed by atoms with Crippen molar-refractivity contribution in [2.75, 3.05) is 17.2 Å². The van der Waals surface area contributed by atoms with E-state index in [-0.39, 0.29) is 5.91 Å². The summed E-state index contributed by atoms with van der Waals surface area (Å²) in [4.78, 5) is 14.4. The molecule has 2 aromatic rings. The van der Waals surface area contributed by atoms with Crippen LogP contribution in [-0.2, 0) is 0 Å². The van der Waals surface area contributed by atoms with Crippen LogP contribution < -0.4 is 10.6 Å². The topological polar surface area (TPSA) is 70.1 Å². The molecule has 0 aromatic heterocycles. The molecule has 4 nitrogen and oxygen atoms in total. The van der Waals surface area contributed by atoms with Gasteiger partial charge in [0.1, 0.15) is 0 Å².